The lowest BCUT2D eigenvalue weighted by molar-refractivity contribution is -0.131. The average molecular weight is 384 g/mol. The molecule has 2 aromatic rings. The highest BCUT2D eigenvalue weighted by atomic mass is 32.2. The molecular weight excluding hydrogens is 368 g/mol. The Bertz CT molecular complexity index is 888. The molecule has 0 radical (unpaired) electrons. The molecule has 1 amide bonds. The second-order valence-corrected chi connectivity index (χ2v) is 8.25. The van der Waals surface area contributed by atoms with Crippen LogP contribution >= 0.6 is 11.3 Å². The van der Waals surface area contributed by atoms with Gasteiger partial charge in [0, 0.05) is 6.54 Å². The van der Waals surface area contributed by atoms with E-state index in [0.29, 0.717) is 18.8 Å². The quantitative estimate of drug-likeness (QED) is 0.730. The number of hydrogen-bond acceptors (Lipinski definition) is 7. The summed E-state index contributed by atoms with van der Waals surface area (Å²) in [5.41, 5.74) is 0.881. The van der Waals surface area contributed by atoms with Gasteiger partial charge >= 0.3 is 5.97 Å². The van der Waals surface area contributed by atoms with Gasteiger partial charge in [-0.05, 0) is 17.5 Å². The largest absolute Gasteiger partial charge is 0.464 e. The lowest BCUT2D eigenvalue weighted by Gasteiger charge is -2.27. The minimum absolute atomic E-state index is 0.166. The van der Waals surface area contributed by atoms with E-state index in [0.717, 1.165) is 11.3 Å². The molecule has 2 aromatic heterocycles. The van der Waals surface area contributed by atoms with Crippen LogP contribution in [-0.4, -0.2) is 55.2 Å². The van der Waals surface area contributed by atoms with Crippen LogP contribution in [0.2, 0.25) is 0 Å². The Labute approximate surface area is 148 Å². The van der Waals surface area contributed by atoms with Gasteiger partial charge in [0.1, 0.15) is 4.21 Å². The lowest BCUT2D eigenvalue weighted by Crippen LogP contribution is -2.43. The third-order valence-corrected chi connectivity index (χ3v) is 6.52. The van der Waals surface area contributed by atoms with E-state index in [9.17, 15) is 18.0 Å². The summed E-state index contributed by atoms with van der Waals surface area (Å²) in [5.74, 6) is -0.879. The van der Waals surface area contributed by atoms with E-state index < -0.39 is 16.0 Å². The van der Waals surface area contributed by atoms with Crippen molar-refractivity contribution in [3.63, 3.8) is 0 Å². The van der Waals surface area contributed by atoms with Crippen molar-refractivity contribution in [2.24, 2.45) is 0 Å². The van der Waals surface area contributed by atoms with Crippen LogP contribution in [0.3, 0.4) is 0 Å². The fourth-order valence-electron chi connectivity index (χ4n) is 2.44. The number of esters is 1. The maximum absolute atomic E-state index is 12.3. The fraction of sp³-hybridized carbons (Fsp3) is 0.357. The molecule has 0 bridgehead atoms. The highest BCUT2D eigenvalue weighted by Crippen LogP contribution is 2.16. The standard InChI is InChI=1S/C14H16N4O5S2/c1-23-14(20)11-7-10-9-17(4-5-18(10)16-11)12(19)8-15-25(21,22)13-3-2-6-24-13/h2-3,6-7,15H,4-5,8-9H2,1H3. The van der Waals surface area contributed by atoms with Crippen molar-refractivity contribution in [3.8, 4) is 0 Å². The molecule has 3 heterocycles. The van der Waals surface area contributed by atoms with Crippen molar-refractivity contribution in [1.29, 1.82) is 0 Å². The first-order valence-electron chi connectivity index (χ1n) is 7.36. The number of rotatable bonds is 5. The third kappa shape index (κ3) is 3.72. The monoisotopic (exact) mass is 384 g/mol. The number of thiophene rings is 1. The Balaban J connectivity index is 1.63. The molecule has 1 aliphatic rings. The summed E-state index contributed by atoms with van der Waals surface area (Å²) in [6.07, 6.45) is 0. The molecule has 0 unspecified atom stereocenters. The summed E-state index contributed by atoms with van der Waals surface area (Å²) in [6.45, 7) is 0.742. The smallest absolute Gasteiger partial charge is 0.358 e. The molecule has 11 heteroatoms. The molecule has 25 heavy (non-hydrogen) atoms. The molecule has 0 aliphatic carbocycles. The van der Waals surface area contributed by atoms with E-state index in [1.165, 1.54) is 18.1 Å². The lowest BCUT2D eigenvalue weighted by atomic mass is 10.2. The van der Waals surface area contributed by atoms with Crippen LogP contribution in [0.5, 0.6) is 0 Å². The number of sulfonamides is 1. The van der Waals surface area contributed by atoms with Crippen LogP contribution < -0.4 is 4.72 Å². The van der Waals surface area contributed by atoms with Crippen LogP contribution in [-0.2, 0) is 32.6 Å². The SMILES string of the molecule is COC(=O)c1cc2n(n1)CCN(C(=O)CNS(=O)(=O)c1cccs1)C2. The third-order valence-electron chi connectivity index (χ3n) is 3.72. The van der Waals surface area contributed by atoms with Gasteiger partial charge in [-0.2, -0.15) is 5.10 Å². The molecular formula is C14H16N4O5S2. The maximum atomic E-state index is 12.3. The number of nitrogens with one attached hydrogen (secondary N) is 1. The zero-order valence-corrected chi connectivity index (χ0v) is 15.0. The van der Waals surface area contributed by atoms with Crippen LogP contribution in [0.15, 0.2) is 27.8 Å². The van der Waals surface area contributed by atoms with Gasteiger partial charge in [0.15, 0.2) is 5.69 Å². The molecule has 9 nitrogen and oxygen atoms in total. The molecule has 134 valence electrons. The summed E-state index contributed by atoms with van der Waals surface area (Å²) in [7, 11) is -2.41. The van der Waals surface area contributed by atoms with Crippen molar-refractivity contribution in [3.05, 3.63) is 35.0 Å². The number of amides is 1. The average Bonchev–Trinajstić information content (AvgIpc) is 3.27. The molecule has 0 aromatic carbocycles. The first-order valence-corrected chi connectivity index (χ1v) is 9.73. The molecule has 0 atom stereocenters. The highest BCUT2D eigenvalue weighted by molar-refractivity contribution is 7.91. The first kappa shape index (κ1) is 17.6. The number of fused-ring (bicyclic) bond motifs is 1. The van der Waals surface area contributed by atoms with Crippen LogP contribution in [0.25, 0.3) is 0 Å². The minimum Gasteiger partial charge on any atom is -0.464 e. The predicted molar refractivity (Wildman–Crippen MR) is 88.5 cm³/mol. The molecule has 0 fully saturated rings. The number of hydrogen-bond donors (Lipinski definition) is 1. The van der Waals surface area contributed by atoms with Gasteiger partial charge in [0.2, 0.25) is 5.91 Å². The second kappa shape index (κ2) is 6.94. The van der Waals surface area contributed by atoms with Crippen LogP contribution in [0, 0.1) is 0 Å². The maximum Gasteiger partial charge on any atom is 0.358 e. The van der Waals surface area contributed by atoms with E-state index >= 15 is 0 Å². The zero-order chi connectivity index (χ0) is 18.0. The first-order chi connectivity index (χ1) is 11.9. The highest BCUT2D eigenvalue weighted by Gasteiger charge is 2.25. The Morgan fingerprint density at radius 3 is 2.88 bits per heavy atom. The Morgan fingerprint density at radius 2 is 2.20 bits per heavy atom. The van der Waals surface area contributed by atoms with E-state index in [1.807, 2.05) is 0 Å². The second-order valence-electron chi connectivity index (χ2n) is 5.31. The number of carbonyl (C=O) groups excluding carboxylic acids is 2. The van der Waals surface area contributed by atoms with Crippen LogP contribution in [0.4, 0.5) is 0 Å². The topological polar surface area (TPSA) is 111 Å². The molecule has 0 saturated carbocycles. The summed E-state index contributed by atoms with van der Waals surface area (Å²) >= 11 is 1.08. The van der Waals surface area contributed by atoms with Crippen molar-refractivity contribution >= 4 is 33.2 Å². The predicted octanol–water partition coefficient (Wildman–Crippen LogP) is 0.0519. The summed E-state index contributed by atoms with van der Waals surface area (Å²) in [6, 6.07) is 4.68. The van der Waals surface area contributed by atoms with Crippen molar-refractivity contribution < 1.29 is 22.7 Å². The molecule has 0 spiro atoms. The van der Waals surface area contributed by atoms with Gasteiger partial charge in [-0.15, -0.1) is 11.3 Å². The van der Waals surface area contributed by atoms with Gasteiger partial charge < -0.3 is 9.64 Å². The van der Waals surface area contributed by atoms with Crippen LogP contribution in [0.1, 0.15) is 16.2 Å². The van der Waals surface area contributed by atoms with Gasteiger partial charge in [0.05, 0.1) is 32.4 Å². The number of aromatic nitrogens is 2. The van der Waals surface area contributed by atoms with E-state index in [-0.39, 0.29) is 28.9 Å². The number of carbonyl (C=O) groups is 2. The minimum atomic E-state index is -3.68. The summed E-state index contributed by atoms with van der Waals surface area (Å²) in [4.78, 5) is 25.3. The fourth-order valence-corrected chi connectivity index (χ4v) is 4.45. The number of methoxy groups -OCH3 is 1. The van der Waals surface area contributed by atoms with Gasteiger partial charge in [0.25, 0.3) is 10.0 Å². The Kier molecular flexibility index (Phi) is 4.88. The molecule has 1 aliphatic heterocycles. The van der Waals surface area contributed by atoms with Crippen molar-refractivity contribution in [2.45, 2.75) is 17.3 Å². The zero-order valence-electron chi connectivity index (χ0n) is 13.3. The van der Waals surface area contributed by atoms with Gasteiger partial charge in [-0.25, -0.2) is 17.9 Å². The normalized spacial score (nSPS) is 14.2. The van der Waals surface area contributed by atoms with Gasteiger partial charge in [-0.3, -0.25) is 9.48 Å². The summed E-state index contributed by atoms with van der Waals surface area (Å²) in [5, 5.41) is 5.78. The molecule has 3 rings (SSSR count). The number of ether oxygens (including phenoxy) is 1. The van der Waals surface area contributed by atoms with E-state index in [1.54, 1.807) is 22.2 Å². The Morgan fingerprint density at radius 1 is 1.40 bits per heavy atom. The molecule has 1 N–H and O–H groups in total. The van der Waals surface area contributed by atoms with E-state index in [2.05, 4.69) is 14.6 Å². The number of nitrogens with zero attached hydrogens (tertiary/aromatic N) is 3. The van der Waals surface area contributed by atoms with Crippen molar-refractivity contribution in [1.82, 2.24) is 19.4 Å². The Hall–Kier alpha value is -2.24. The van der Waals surface area contributed by atoms with Gasteiger partial charge in [-0.1, -0.05) is 6.07 Å². The summed E-state index contributed by atoms with van der Waals surface area (Å²) < 4.78 is 32.9. The van der Waals surface area contributed by atoms with Crippen molar-refractivity contribution in [2.75, 3.05) is 20.2 Å². The molecule has 0 saturated heterocycles. The van der Waals surface area contributed by atoms with E-state index in [4.69, 9.17) is 0 Å².